The molecule has 0 unspecified atom stereocenters. The standard InChI is InChI=1S/C22H27N3O3/c26-21(23-13-10-17-4-2-1-3-5-17)19-6-8-20(9-7-19)25-22(27)24-16-18-11-14-28-15-12-18/h1-9,18H,10-16H2,(H,23,26)(H2,24,25,27). The van der Waals surface area contributed by atoms with E-state index in [0.29, 0.717) is 30.3 Å². The molecule has 6 heteroatoms. The minimum Gasteiger partial charge on any atom is -0.381 e. The maximum atomic E-state index is 12.2. The number of urea groups is 1. The molecule has 0 spiro atoms. The summed E-state index contributed by atoms with van der Waals surface area (Å²) in [4.78, 5) is 24.2. The summed E-state index contributed by atoms with van der Waals surface area (Å²) in [7, 11) is 0. The number of carbonyl (C=O) groups excluding carboxylic acids is 2. The van der Waals surface area contributed by atoms with Gasteiger partial charge in [0.15, 0.2) is 0 Å². The first-order valence-corrected chi connectivity index (χ1v) is 9.75. The van der Waals surface area contributed by atoms with E-state index in [1.807, 2.05) is 30.3 Å². The van der Waals surface area contributed by atoms with Crippen LogP contribution < -0.4 is 16.0 Å². The smallest absolute Gasteiger partial charge is 0.319 e. The lowest BCUT2D eigenvalue weighted by Gasteiger charge is -2.22. The van der Waals surface area contributed by atoms with Crippen LogP contribution in [0.3, 0.4) is 0 Å². The van der Waals surface area contributed by atoms with Crippen LogP contribution in [-0.4, -0.2) is 38.2 Å². The normalized spacial score (nSPS) is 14.3. The fourth-order valence-corrected chi connectivity index (χ4v) is 3.13. The third-order valence-electron chi connectivity index (χ3n) is 4.84. The van der Waals surface area contributed by atoms with E-state index in [9.17, 15) is 9.59 Å². The number of benzene rings is 2. The molecule has 2 aromatic rings. The Morgan fingerprint density at radius 2 is 1.64 bits per heavy atom. The summed E-state index contributed by atoms with van der Waals surface area (Å²) < 4.78 is 5.32. The van der Waals surface area contributed by atoms with Gasteiger partial charge in [0.1, 0.15) is 0 Å². The van der Waals surface area contributed by atoms with Gasteiger partial charge in [0.2, 0.25) is 0 Å². The molecule has 0 aliphatic carbocycles. The highest BCUT2D eigenvalue weighted by atomic mass is 16.5. The van der Waals surface area contributed by atoms with Crippen LogP contribution in [0.15, 0.2) is 54.6 Å². The Morgan fingerprint density at radius 1 is 0.929 bits per heavy atom. The first kappa shape index (κ1) is 19.9. The lowest BCUT2D eigenvalue weighted by molar-refractivity contribution is 0.0671. The van der Waals surface area contributed by atoms with Gasteiger partial charge in [-0.2, -0.15) is 0 Å². The third-order valence-corrected chi connectivity index (χ3v) is 4.84. The number of anilines is 1. The van der Waals surface area contributed by atoms with Gasteiger partial charge in [0.05, 0.1) is 0 Å². The van der Waals surface area contributed by atoms with Crippen LogP contribution in [0.2, 0.25) is 0 Å². The van der Waals surface area contributed by atoms with Crippen molar-refractivity contribution in [2.75, 3.05) is 31.6 Å². The molecule has 148 valence electrons. The minimum absolute atomic E-state index is 0.119. The Hall–Kier alpha value is -2.86. The molecular formula is C22H27N3O3. The average Bonchev–Trinajstić information content (AvgIpc) is 2.74. The lowest BCUT2D eigenvalue weighted by atomic mass is 10.0. The van der Waals surface area contributed by atoms with Crippen LogP contribution in [0.5, 0.6) is 0 Å². The van der Waals surface area contributed by atoms with E-state index in [-0.39, 0.29) is 11.9 Å². The molecular weight excluding hydrogens is 354 g/mol. The Bertz CT molecular complexity index is 756. The molecule has 1 heterocycles. The van der Waals surface area contributed by atoms with E-state index in [1.165, 1.54) is 5.56 Å². The van der Waals surface area contributed by atoms with Gasteiger partial charge in [-0.05, 0) is 55.0 Å². The summed E-state index contributed by atoms with van der Waals surface area (Å²) in [6.07, 6.45) is 2.75. The summed E-state index contributed by atoms with van der Waals surface area (Å²) in [5.74, 6) is 0.355. The van der Waals surface area contributed by atoms with E-state index < -0.39 is 0 Å². The van der Waals surface area contributed by atoms with Crippen LogP contribution >= 0.6 is 0 Å². The molecule has 1 aliphatic rings. The largest absolute Gasteiger partial charge is 0.381 e. The molecule has 3 N–H and O–H groups in total. The van der Waals surface area contributed by atoms with Gasteiger partial charge in [-0.15, -0.1) is 0 Å². The Morgan fingerprint density at radius 3 is 2.36 bits per heavy atom. The number of nitrogens with one attached hydrogen (secondary N) is 3. The van der Waals surface area contributed by atoms with Crippen molar-refractivity contribution in [3.63, 3.8) is 0 Å². The molecule has 0 atom stereocenters. The van der Waals surface area contributed by atoms with Gasteiger partial charge in [-0.25, -0.2) is 4.79 Å². The predicted molar refractivity (Wildman–Crippen MR) is 109 cm³/mol. The summed E-state index contributed by atoms with van der Waals surface area (Å²) >= 11 is 0. The summed E-state index contributed by atoms with van der Waals surface area (Å²) in [6, 6.07) is 16.7. The molecule has 0 aromatic heterocycles. The molecule has 3 rings (SSSR count). The molecule has 1 aliphatic heterocycles. The van der Waals surface area contributed by atoms with E-state index >= 15 is 0 Å². The Balaban J connectivity index is 1.39. The number of ether oxygens (including phenoxy) is 1. The summed E-state index contributed by atoms with van der Waals surface area (Å²) in [6.45, 7) is 2.76. The molecule has 1 fully saturated rings. The first-order chi connectivity index (χ1) is 13.7. The highest BCUT2D eigenvalue weighted by Gasteiger charge is 2.14. The van der Waals surface area contributed by atoms with Crippen LogP contribution in [-0.2, 0) is 11.2 Å². The zero-order valence-electron chi connectivity index (χ0n) is 15.9. The van der Waals surface area contributed by atoms with Crippen LogP contribution in [0, 0.1) is 5.92 Å². The second-order valence-corrected chi connectivity index (χ2v) is 6.96. The molecule has 3 amide bonds. The van der Waals surface area contributed by atoms with Crippen LogP contribution in [0.25, 0.3) is 0 Å². The number of carbonyl (C=O) groups is 2. The number of amides is 3. The van der Waals surface area contributed by atoms with Crippen molar-refractivity contribution in [1.29, 1.82) is 0 Å². The van der Waals surface area contributed by atoms with Crippen molar-refractivity contribution >= 4 is 17.6 Å². The van der Waals surface area contributed by atoms with Gasteiger partial charge < -0.3 is 20.7 Å². The number of hydrogen-bond donors (Lipinski definition) is 3. The average molecular weight is 381 g/mol. The molecule has 0 radical (unpaired) electrons. The number of hydrogen-bond acceptors (Lipinski definition) is 3. The first-order valence-electron chi connectivity index (χ1n) is 9.75. The van der Waals surface area contributed by atoms with Gasteiger partial charge in [0.25, 0.3) is 5.91 Å². The van der Waals surface area contributed by atoms with Crippen molar-refractivity contribution in [3.05, 3.63) is 65.7 Å². The van der Waals surface area contributed by atoms with E-state index in [2.05, 4.69) is 16.0 Å². The summed E-state index contributed by atoms with van der Waals surface area (Å²) in [5, 5.41) is 8.61. The Kier molecular flexibility index (Phi) is 7.44. The Labute approximate surface area is 165 Å². The highest BCUT2D eigenvalue weighted by Crippen LogP contribution is 2.14. The van der Waals surface area contributed by atoms with Gasteiger partial charge in [-0.3, -0.25) is 4.79 Å². The van der Waals surface area contributed by atoms with Crippen molar-refractivity contribution < 1.29 is 14.3 Å². The zero-order chi connectivity index (χ0) is 19.6. The van der Waals surface area contributed by atoms with Gasteiger partial charge in [-0.1, -0.05) is 30.3 Å². The SMILES string of the molecule is O=C(NCC1CCOCC1)Nc1ccc(C(=O)NCCc2ccccc2)cc1. The second kappa shape index (κ2) is 10.5. The molecule has 0 bridgehead atoms. The van der Waals surface area contributed by atoms with E-state index in [1.54, 1.807) is 24.3 Å². The quantitative estimate of drug-likeness (QED) is 0.689. The molecule has 2 aromatic carbocycles. The predicted octanol–water partition coefficient (Wildman–Crippen LogP) is 3.21. The maximum Gasteiger partial charge on any atom is 0.319 e. The monoisotopic (exact) mass is 381 g/mol. The topological polar surface area (TPSA) is 79.5 Å². The summed E-state index contributed by atoms with van der Waals surface area (Å²) in [5.41, 5.74) is 2.42. The fraction of sp³-hybridized carbons (Fsp3) is 0.364. The molecule has 28 heavy (non-hydrogen) atoms. The molecule has 1 saturated heterocycles. The van der Waals surface area contributed by atoms with Crippen molar-refractivity contribution in [3.8, 4) is 0 Å². The molecule has 6 nitrogen and oxygen atoms in total. The zero-order valence-corrected chi connectivity index (χ0v) is 15.9. The van der Waals surface area contributed by atoms with Crippen molar-refractivity contribution in [2.45, 2.75) is 19.3 Å². The lowest BCUT2D eigenvalue weighted by Crippen LogP contribution is -2.35. The van der Waals surface area contributed by atoms with Gasteiger partial charge in [0, 0.05) is 37.6 Å². The number of rotatable bonds is 7. The van der Waals surface area contributed by atoms with E-state index in [4.69, 9.17) is 4.74 Å². The van der Waals surface area contributed by atoms with E-state index in [0.717, 1.165) is 32.5 Å². The maximum absolute atomic E-state index is 12.2. The van der Waals surface area contributed by atoms with Crippen molar-refractivity contribution in [2.24, 2.45) is 5.92 Å². The van der Waals surface area contributed by atoms with Crippen molar-refractivity contribution in [1.82, 2.24) is 10.6 Å². The second-order valence-electron chi connectivity index (χ2n) is 6.96. The van der Waals surface area contributed by atoms with Crippen LogP contribution in [0.4, 0.5) is 10.5 Å². The fourth-order valence-electron chi connectivity index (χ4n) is 3.13. The highest BCUT2D eigenvalue weighted by molar-refractivity contribution is 5.95. The minimum atomic E-state index is -0.230. The van der Waals surface area contributed by atoms with Gasteiger partial charge >= 0.3 is 6.03 Å². The third kappa shape index (κ3) is 6.39. The molecule has 0 saturated carbocycles. The van der Waals surface area contributed by atoms with Crippen LogP contribution in [0.1, 0.15) is 28.8 Å².